The van der Waals surface area contributed by atoms with Crippen molar-refractivity contribution in [3.8, 4) is 0 Å². The molecule has 0 aromatic rings. The minimum absolute atomic E-state index is 0.0869. The van der Waals surface area contributed by atoms with Crippen molar-refractivity contribution in [1.29, 1.82) is 0 Å². The molecule has 3 atom stereocenters. The summed E-state index contributed by atoms with van der Waals surface area (Å²) >= 11 is 0. The molecule has 1 spiro atoms. The van der Waals surface area contributed by atoms with Crippen molar-refractivity contribution >= 4 is 5.97 Å². The molecular weight excluding hydrogens is 380 g/mol. The molecule has 2 fully saturated rings. The van der Waals surface area contributed by atoms with E-state index in [1.165, 1.54) is 6.42 Å². The van der Waals surface area contributed by atoms with Crippen LogP contribution in [0.2, 0.25) is 0 Å². The summed E-state index contributed by atoms with van der Waals surface area (Å²) in [6.45, 7) is 7.78. The molecule has 1 aliphatic carbocycles. The Bertz CT molecular complexity index is 522. The van der Waals surface area contributed by atoms with Gasteiger partial charge in [-0.15, -0.1) is 0 Å². The third-order valence-electron chi connectivity index (χ3n) is 6.62. The van der Waals surface area contributed by atoms with Crippen LogP contribution in [0.4, 0.5) is 0 Å². The van der Waals surface area contributed by atoms with Crippen LogP contribution >= 0.6 is 0 Å². The second-order valence-electron chi connectivity index (χ2n) is 9.25. The molecular formula is C25H44O5. The Kier molecular flexibility index (Phi) is 10.8. The van der Waals surface area contributed by atoms with Gasteiger partial charge in [-0.1, -0.05) is 57.6 Å². The molecule has 1 N–H and O–H groups in total. The predicted molar refractivity (Wildman–Crippen MR) is 119 cm³/mol. The highest BCUT2D eigenvalue weighted by atomic mass is 16.7. The van der Waals surface area contributed by atoms with Gasteiger partial charge in [0.1, 0.15) is 0 Å². The van der Waals surface area contributed by atoms with Crippen LogP contribution in [0, 0.1) is 11.8 Å². The van der Waals surface area contributed by atoms with E-state index >= 15 is 0 Å². The second-order valence-corrected chi connectivity index (χ2v) is 9.25. The van der Waals surface area contributed by atoms with E-state index in [1.807, 2.05) is 19.9 Å². The number of hydrogen-bond acceptors (Lipinski definition) is 5. The molecule has 1 aliphatic heterocycles. The highest BCUT2D eigenvalue weighted by Gasteiger charge is 2.51. The standard InChI is InChI=1S/C25H44O5/c1-4-6-11-16-24(3,27)17-14-21-15-18-25(29-19-20-30-25)22(21)12-9-7-8-10-13-23(26)28-5-2/h14,17,21-22,27H,4-13,15-16,18-20H2,1-3H3/t21-,22+,24?/m0/s1. The van der Waals surface area contributed by atoms with Gasteiger partial charge in [-0.2, -0.15) is 0 Å². The average Bonchev–Trinajstić information content (AvgIpc) is 3.31. The van der Waals surface area contributed by atoms with Gasteiger partial charge in [0.15, 0.2) is 5.79 Å². The first kappa shape index (κ1) is 25.4. The van der Waals surface area contributed by atoms with E-state index in [2.05, 4.69) is 13.0 Å². The lowest BCUT2D eigenvalue weighted by molar-refractivity contribution is -0.186. The minimum atomic E-state index is -0.736. The van der Waals surface area contributed by atoms with Crippen LogP contribution in [0.15, 0.2) is 12.2 Å². The maximum atomic E-state index is 11.5. The van der Waals surface area contributed by atoms with Crippen molar-refractivity contribution in [3.63, 3.8) is 0 Å². The summed E-state index contributed by atoms with van der Waals surface area (Å²) in [6, 6.07) is 0. The quantitative estimate of drug-likeness (QED) is 0.225. The molecule has 30 heavy (non-hydrogen) atoms. The Balaban J connectivity index is 1.83. The molecule has 1 saturated heterocycles. The molecule has 0 aromatic heterocycles. The third kappa shape index (κ3) is 7.97. The first-order valence-corrected chi connectivity index (χ1v) is 12.3. The summed E-state index contributed by atoms with van der Waals surface area (Å²) in [5.74, 6) is 0.220. The lowest BCUT2D eigenvalue weighted by Gasteiger charge is -2.32. The third-order valence-corrected chi connectivity index (χ3v) is 6.62. The van der Waals surface area contributed by atoms with Crippen LogP contribution in [0.3, 0.4) is 0 Å². The first-order valence-electron chi connectivity index (χ1n) is 12.3. The number of hydrogen-bond donors (Lipinski definition) is 1. The van der Waals surface area contributed by atoms with E-state index < -0.39 is 11.4 Å². The number of allylic oxidation sites excluding steroid dienone is 1. The number of aliphatic hydroxyl groups is 1. The molecule has 1 saturated carbocycles. The number of unbranched alkanes of at least 4 members (excludes halogenated alkanes) is 5. The minimum Gasteiger partial charge on any atom is -0.466 e. The number of carbonyl (C=O) groups is 1. The molecule has 174 valence electrons. The largest absolute Gasteiger partial charge is 0.466 e. The smallest absolute Gasteiger partial charge is 0.305 e. The van der Waals surface area contributed by atoms with E-state index in [0.717, 1.165) is 64.2 Å². The summed E-state index contributed by atoms with van der Waals surface area (Å²) in [5.41, 5.74) is -0.736. The Hall–Kier alpha value is -0.910. The zero-order chi connectivity index (χ0) is 21.9. The summed E-state index contributed by atoms with van der Waals surface area (Å²) in [4.78, 5) is 11.5. The lowest BCUT2D eigenvalue weighted by Crippen LogP contribution is -2.36. The van der Waals surface area contributed by atoms with E-state index in [-0.39, 0.29) is 5.97 Å². The Morgan fingerprint density at radius 3 is 2.57 bits per heavy atom. The van der Waals surface area contributed by atoms with E-state index in [4.69, 9.17) is 14.2 Å². The molecule has 2 aliphatic rings. The number of carbonyl (C=O) groups excluding carboxylic acids is 1. The summed E-state index contributed by atoms with van der Waals surface area (Å²) in [7, 11) is 0. The van der Waals surface area contributed by atoms with Gasteiger partial charge in [0.2, 0.25) is 0 Å². The number of rotatable bonds is 14. The SMILES string of the molecule is CCCCCC(C)(O)C=C[C@H]1CCC2(OCCO2)[C@@H]1CCCCCCC(=O)OCC. The van der Waals surface area contributed by atoms with Crippen LogP contribution in [0.1, 0.15) is 97.8 Å². The summed E-state index contributed by atoms with van der Waals surface area (Å²) in [5, 5.41) is 10.7. The predicted octanol–water partition coefficient (Wildman–Crippen LogP) is 5.55. The van der Waals surface area contributed by atoms with Gasteiger partial charge < -0.3 is 19.3 Å². The zero-order valence-corrected chi connectivity index (χ0v) is 19.5. The van der Waals surface area contributed by atoms with Crippen molar-refractivity contribution in [2.45, 2.75) is 109 Å². The summed E-state index contributed by atoms with van der Waals surface area (Å²) in [6.07, 6.45) is 16.2. The van der Waals surface area contributed by atoms with Gasteiger partial charge >= 0.3 is 5.97 Å². The van der Waals surface area contributed by atoms with Crippen LogP contribution < -0.4 is 0 Å². The molecule has 5 heteroatoms. The van der Waals surface area contributed by atoms with E-state index in [1.54, 1.807) is 0 Å². The molecule has 0 amide bonds. The van der Waals surface area contributed by atoms with Crippen molar-refractivity contribution < 1.29 is 24.1 Å². The van der Waals surface area contributed by atoms with Gasteiger partial charge in [0.25, 0.3) is 0 Å². The first-order chi connectivity index (χ1) is 14.4. The van der Waals surface area contributed by atoms with Crippen LogP contribution in [-0.4, -0.2) is 42.3 Å². The normalized spacial score (nSPS) is 25.2. The Morgan fingerprint density at radius 1 is 1.13 bits per heavy atom. The molecule has 2 rings (SSSR count). The highest BCUT2D eigenvalue weighted by Crippen LogP contribution is 2.49. The fourth-order valence-corrected chi connectivity index (χ4v) is 4.94. The van der Waals surface area contributed by atoms with Crippen molar-refractivity contribution in [1.82, 2.24) is 0 Å². The molecule has 0 aromatic carbocycles. The molecule has 5 nitrogen and oxygen atoms in total. The zero-order valence-electron chi connectivity index (χ0n) is 19.5. The number of ether oxygens (including phenoxy) is 3. The Labute approximate surface area is 183 Å². The average molecular weight is 425 g/mol. The molecule has 1 heterocycles. The molecule has 1 unspecified atom stereocenters. The van der Waals surface area contributed by atoms with Crippen molar-refractivity contribution in [2.75, 3.05) is 19.8 Å². The van der Waals surface area contributed by atoms with Crippen LogP contribution in [-0.2, 0) is 19.0 Å². The van der Waals surface area contributed by atoms with Gasteiger partial charge in [0.05, 0.1) is 25.4 Å². The van der Waals surface area contributed by atoms with Gasteiger partial charge in [-0.3, -0.25) is 4.79 Å². The molecule has 0 bridgehead atoms. The fraction of sp³-hybridized carbons (Fsp3) is 0.880. The van der Waals surface area contributed by atoms with Gasteiger partial charge in [0, 0.05) is 18.8 Å². The topological polar surface area (TPSA) is 65.0 Å². The monoisotopic (exact) mass is 424 g/mol. The van der Waals surface area contributed by atoms with Crippen LogP contribution in [0.5, 0.6) is 0 Å². The van der Waals surface area contributed by atoms with Crippen LogP contribution in [0.25, 0.3) is 0 Å². The van der Waals surface area contributed by atoms with Crippen molar-refractivity contribution in [2.24, 2.45) is 11.8 Å². The Morgan fingerprint density at radius 2 is 1.87 bits per heavy atom. The van der Waals surface area contributed by atoms with E-state index in [9.17, 15) is 9.90 Å². The van der Waals surface area contributed by atoms with E-state index in [0.29, 0.717) is 38.1 Å². The second kappa shape index (κ2) is 12.8. The molecule has 0 radical (unpaired) electrons. The maximum Gasteiger partial charge on any atom is 0.305 e. The lowest BCUT2D eigenvalue weighted by atomic mass is 9.85. The number of esters is 1. The van der Waals surface area contributed by atoms with Gasteiger partial charge in [-0.25, -0.2) is 0 Å². The maximum absolute atomic E-state index is 11.5. The van der Waals surface area contributed by atoms with Gasteiger partial charge in [-0.05, 0) is 45.4 Å². The fourth-order valence-electron chi connectivity index (χ4n) is 4.94. The summed E-state index contributed by atoms with van der Waals surface area (Å²) < 4.78 is 17.2. The van der Waals surface area contributed by atoms with Crippen molar-refractivity contribution in [3.05, 3.63) is 12.2 Å². The highest BCUT2D eigenvalue weighted by molar-refractivity contribution is 5.69.